The Morgan fingerprint density at radius 2 is 1.97 bits per heavy atom. The number of pyridine rings is 1. The molecule has 1 unspecified atom stereocenters. The summed E-state index contributed by atoms with van der Waals surface area (Å²) in [5.74, 6) is 0.643. The number of aromatic nitrogens is 2. The van der Waals surface area contributed by atoms with E-state index in [9.17, 15) is 4.79 Å². The van der Waals surface area contributed by atoms with Crippen molar-refractivity contribution in [3.8, 4) is 11.3 Å². The van der Waals surface area contributed by atoms with Gasteiger partial charge in [-0.1, -0.05) is 41.6 Å². The van der Waals surface area contributed by atoms with Crippen molar-refractivity contribution in [2.45, 2.75) is 12.6 Å². The van der Waals surface area contributed by atoms with Gasteiger partial charge in [-0.05, 0) is 11.6 Å². The Balaban J connectivity index is 1.51. The molecule has 7 nitrogen and oxygen atoms in total. The van der Waals surface area contributed by atoms with Gasteiger partial charge in [0.2, 0.25) is 5.91 Å². The number of likely N-dealkylation sites (N-methyl/N-ethyl adjacent to an activating group) is 1. The third-order valence-electron chi connectivity index (χ3n) is 5.04. The largest absolute Gasteiger partial charge is 0.379 e. The molecule has 29 heavy (non-hydrogen) atoms. The zero-order valence-electron chi connectivity index (χ0n) is 16.4. The normalized spacial score (nSPS) is 15.8. The fourth-order valence-corrected chi connectivity index (χ4v) is 3.54. The molecule has 1 aromatic carbocycles. The molecule has 1 amide bonds. The lowest BCUT2D eigenvalue weighted by Gasteiger charge is -2.35. The second-order valence-electron chi connectivity index (χ2n) is 7.08. The van der Waals surface area contributed by atoms with Crippen molar-refractivity contribution in [3.63, 3.8) is 0 Å². The van der Waals surface area contributed by atoms with Crippen LogP contribution in [0.4, 0.5) is 0 Å². The lowest BCUT2D eigenvalue weighted by atomic mass is 10.1. The van der Waals surface area contributed by atoms with Crippen LogP contribution in [0.25, 0.3) is 11.3 Å². The minimum atomic E-state index is -0.394. The number of rotatable bonds is 6. The second kappa shape index (κ2) is 8.98. The lowest BCUT2D eigenvalue weighted by Crippen LogP contribution is -2.46. The van der Waals surface area contributed by atoms with E-state index in [0.717, 1.165) is 16.8 Å². The van der Waals surface area contributed by atoms with E-state index in [0.29, 0.717) is 38.6 Å². The number of hydrogen-bond donors (Lipinski definition) is 0. The predicted molar refractivity (Wildman–Crippen MR) is 108 cm³/mol. The third kappa shape index (κ3) is 4.52. The Bertz CT molecular complexity index is 924. The van der Waals surface area contributed by atoms with Gasteiger partial charge in [-0.2, -0.15) is 0 Å². The van der Waals surface area contributed by atoms with Crippen molar-refractivity contribution in [3.05, 3.63) is 72.2 Å². The summed E-state index contributed by atoms with van der Waals surface area (Å²) in [5, 5.41) is 4.14. The minimum Gasteiger partial charge on any atom is -0.379 e. The molecule has 3 heterocycles. The summed E-state index contributed by atoms with van der Waals surface area (Å²) in [6.45, 7) is 3.01. The van der Waals surface area contributed by atoms with Crippen molar-refractivity contribution in [1.29, 1.82) is 0 Å². The first-order chi connectivity index (χ1) is 14.2. The van der Waals surface area contributed by atoms with Gasteiger partial charge in [0.15, 0.2) is 5.76 Å². The average molecular weight is 392 g/mol. The van der Waals surface area contributed by atoms with E-state index in [-0.39, 0.29) is 5.91 Å². The van der Waals surface area contributed by atoms with Gasteiger partial charge >= 0.3 is 0 Å². The standard InChI is InChI=1S/C22H24N4O3/c1-25(16-19-14-20(24-29-19)17-6-3-2-4-7-17)22(27)21(18-8-5-9-23-15-18)26-10-12-28-13-11-26/h2-9,14-15,21H,10-13,16H2,1H3. The first kappa shape index (κ1) is 19.3. The average Bonchev–Trinajstić information content (AvgIpc) is 3.24. The quantitative estimate of drug-likeness (QED) is 0.642. The Labute approximate surface area is 169 Å². The highest BCUT2D eigenvalue weighted by Gasteiger charge is 2.31. The van der Waals surface area contributed by atoms with Crippen LogP contribution in [-0.4, -0.2) is 59.2 Å². The molecule has 1 saturated heterocycles. The fourth-order valence-electron chi connectivity index (χ4n) is 3.54. The van der Waals surface area contributed by atoms with Crippen molar-refractivity contribution < 1.29 is 14.1 Å². The van der Waals surface area contributed by atoms with Crippen LogP contribution < -0.4 is 0 Å². The van der Waals surface area contributed by atoms with Crippen LogP contribution >= 0.6 is 0 Å². The summed E-state index contributed by atoms with van der Waals surface area (Å²) < 4.78 is 10.9. The summed E-state index contributed by atoms with van der Waals surface area (Å²) in [4.78, 5) is 21.4. The Morgan fingerprint density at radius 1 is 1.17 bits per heavy atom. The lowest BCUT2D eigenvalue weighted by molar-refractivity contribution is -0.138. The molecule has 0 aliphatic carbocycles. The van der Waals surface area contributed by atoms with E-state index < -0.39 is 6.04 Å². The summed E-state index contributed by atoms with van der Waals surface area (Å²) in [7, 11) is 1.79. The van der Waals surface area contributed by atoms with Gasteiger partial charge < -0.3 is 14.2 Å². The first-order valence-electron chi connectivity index (χ1n) is 9.70. The highest BCUT2D eigenvalue weighted by atomic mass is 16.5. The maximum absolute atomic E-state index is 13.4. The van der Waals surface area contributed by atoms with E-state index in [1.165, 1.54) is 0 Å². The van der Waals surface area contributed by atoms with Crippen LogP contribution in [0.2, 0.25) is 0 Å². The van der Waals surface area contributed by atoms with E-state index in [4.69, 9.17) is 9.26 Å². The van der Waals surface area contributed by atoms with Crippen LogP contribution in [0.1, 0.15) is 17.4 Å². The molecule has 3 aromatic rings. The monoisotopic (exact) mass is 392 g/mol. The minimum absolute atomic E-state index is 0.00226. The zero-order valence-corrected chi connectivity index (χ0v) is 16.4. The van der Waals surface area contributed by atoms with Crippen LogP contribution in [0.15, 0.2) is 65.4 Å². The highest BCUT2D eigenvalue weighted by molar-refractivity contribution is 5.83. The Morgan fingerprint density at radius 3 is 2.69 bits per heavy atom. The third-order valence-corrected chi connectivity index (χ3v) is 5.04. The fraction of sp³-hybridized carbons (Fsp3) is 0.318. The van der Waals surface area contributed by atoms with Gasteiger partial charge in [-0.3, -0.25) is 14.7 Å². The smallest absolute Gasteiger partial charge is 0.244 e. The molecule has 1 atom stereocenters. The van der Waals surface area contributed by atoms with Crippen LogP contribution in [0, 0.1) is 0 Å². The highest BCUT2D eigenvalue weighted by Crippen LogP contribution is 2.25. The van der Waals surface area contributed by atoms with Crippen LogP contribution in [0.5, 0.6) is 0 Å². The SMILES string of the molecule is CN(Cc1cc(-c2ccccc2)no1)C(=O)C(c1cccnc1)N1CCOCC1. The molecule has 150 valence electrons. The van der Waals surface area contributed by atoms with E-state index in [2.05, 4.69) is 15.0 Å². The summed E-state index contributed by atoms with van der Waals surface area (Å²) in [6, 6.07) is 15.1. The number of carbonyl (C=O) groups excluding carboxylic acids is 1. The molecule has 4 rings (SSSR count). The van der Waals surface area contributed by atoms with Gasteiger partial charge in [0, 0.05) is 44.2 Å². The van der Waals surface area contributed by atoms with Gasteiger partial charge in [0.05, 0.1) is 19.8 Å². The van der Waals surface area contributed by atoms with E-state index >= 15 is 0 Å². The summed E-state index contributed by atoms with van der Waals surface area (Å²) in [6.07, 6.45) is 3.47. The van der Waals surface area contributed by atoms with Crippen molar-refractivity contribution in [2.75, 3.05) is 33.4 Å². The molecule has 0 saturated carbocycles. The van der Waals surface area contributed by atoms with E-state index in [1.54, 1.807) is 24.3 Å². The number of hydrogen-bond acceptors (Lipinski definition) is 6. The van der Waals surface area contributed by atoms with Crippen LogP contribution in [-0.2, 0) is 16.1 Å². The molecule has 0 radical (unpaired) electrons. The number of carbonyl (C=O) groups is 1. The molecule has 1 aliphatic rings. The topological polar surface area (TPSA) is 71.7 Å². The maximum Gasteiger partial charge on any atom is 0.244 e. The first-order valence-corrected chi connectivity index (χ1v) is 9.70. The van der Waals surface area contributed by atoms with Gasteiger partial charge in [-0.25, -0.2) is 0 Å². The number of nitrogens with zero attached hydrogens (tertiary/aromatic N) is 4. The van der Waals surface area contributed by atoms with Gasteiger partial charge in [-0.15, -0.1) is 0 Å². The van der Waals surface area contributed by atoms with Gasteiger partial charge in [0.25, 0.3) is 0 Å². The Kier molecular flexibility index (Phi) is 5.97. The molecular formula is C22H24N4O3. The summed E-state index contributed by atoms with van der Waals surface area (Å²) in [5.41, 5.74) is 2.63. The molecule has 7 heteroatoms. The van der Waals surface area contributed by atoms with E-state index in [1.807, 2.05) is 48.5 Å². The molecule has 1 fully saturated rings. The van der Waals surface area contributed by atoms with Crippen LogP contribution in [0.3, 0.4) is 0 Å². The molecule has 0 bridgehead atoms. The Hall–Kier alpha value is -3.03. The molecule has 1 aliphatic heterocycles. The maximum atomic E-state index is 13.4. The number of ether oxygens (including phenoxy) is 1. The number of amides is 1. The molecular weight excluding hydrogens is 368 g/mol. The summed E-state index contributed by atoms with van der Waals surface area (Å²) >= 11 is 0. The van der Waals surface area contributed by atoms with Crippen molar-refractivity contribution in [2.24, 2.45) is 0 Å². The second-order valence-corrected chi connectivity index (χ2v) is 7.08. The molecule has 0 N–H and O–H groups in total. The molecule has 2 aromatic heterocycles. The van der Waals surface area contributed by atoms with Gasteiger partial charge in [0.1, 0.15) is 11.7 Å². The van der Waals surface area contributed by atoms with Crippen molar-refractivity contribution >= 4 is 5.91 Å². The number of morpholine rings is 1. The predicted octanol–water partition coefficient (Wildman–Crippen LogP) is 2.77. The number of benzene rings is 1. The molecule has 0 spiro atoms. The zero-order chi connectivity index (χ0) is 20.1. The van der Waals surface area contributed by atoms with Crippen molar-refractivity contribution in [1.82, 2.24) is 19.9 Å².